The lowest BCUT2D eigenvalue weighted by atomic mass is 10.2. The Balaban J connectivity index is 0.000000151. The predicted octanol–water partition coefficient (Wildman–Crippen LogP) is 0.0901. The fourth-order valence-corrected chi connectivity index (χ4v) is 1.04. The fourth-order valence-electron chi connectivity index (χ4n) is 1.04. The van der Waals surface area contributed by atoms with Gasteiger partial charge in [0.25, 0.3) is 0 Å². The van der Waals surface area contributed by atoms with E-state index in [1.54, 1.807) is 0 Å². The summed E-state index contributed by atoms with van der Waals surface area (Å²) in [7, 11) is 0. The summed E-state index contributed by atoms with van der Waals surface area (Å²) in [5.41, 5.74) is 0. The van der Waals surface area contributed by atoms with Crippen LogP contribution in [-0.4, -0.2) is 23.9 Å². The first-order valence-electron chi connectivity index (χ1n) is 4.55. The summed E-state index contributed by atoms with van der Waals surface area (Å²) in [5, 5.41) is 0. The van der Waals surface area contributed by atoms with Crippen LogP contribution in [0.5, 0.6) is 0 Å². The monoisotopic (exact) mass is 214 g/mol. The van der Waals surface area contributed by atoms with Crippen LogP contribution >= 0.6 is 0 Å². The number of hydrogen-bond acceptors (Lipinski definition) is 6. The van der Waals surface area contributed by atoms with Gasteiger partial charge in [0.15, 0.2) is 0 Å². The Morgan fingerprint density at radius 2 is 0.933 bits per heavy atom. The standard InChI is InChI=1S/C5H6O3.C4H4O3/c6-4-2-1-3-5(7)8-4;5-3-1-2-4(6)7-3/h1-3H2;1-2H2. The van der Waals surface area contributed by atoms with Gasteiger partial charge in [0.2, 0.25) is 0 Å². The maximum Gasteiger partial charge on any atom is 0.314 e. The second kappa shape index (κ2) is 5.23. The zero-order valence-corrected chi connectivity index (χ0v) is 7.99. The Morgan fingerprint density at radius 1 is 0.600 bits per heavy atom. The van der Waals surface area contributed by atoms with Gasteiger partial charge < -0.3 is 9.47 Å². The van der Waals surface area contributed by atoms with Crippen LogP contribution in [0.2, 0.25) is 0 Å². The Labute approximate surface area is 85.5 Å². The van der Waals surface area contributed by atoms with Gasteiger partial charge in [0.05, 0.1) is 12.8 Å². The van der Waals surface area contributed by atoms with Crippen molar-refractivity contribution in [2.45, 2.75) is 32.1 Å². The van der Waals surface area contributed by atoms with Crippen LogP contribution in [-0.2, 0) is 28.7 Å². The maximum atomic E-state index is 10.2. The van der Waals surface area contributed by atoms with Crippen LogP contribution in [0.1, 0.15) is 32.1 Å². The lowest BCUT2D eigenvalue weighted by Gasteiger charge is -2.06. The number of cyclic esters (lactones) is 4. The summed E-state index contributed by atoms with van der Waals surface area (Å²) in [6, 6.07) is 0. The van der Waals surface area contributed by atoms with Gasteiger partial charge in [-0.2, -0.15) is 0 Å². The first-order valence-corrected chi connectivity index (χ1v) is 4.55. The van der Waals surface area contributed by atoms with Crippen LogP contribution < -0.4 is 0 Å². The first kappa shape index (κ1) is 11.4. The molecule has 0 atom stereocenters. The minimum absolute atomic E-state index is 0.263. The molecule has 0 bridgehead atoms. The Bertz CT molecular complexity index is 278. The summed E-state index contributed by atoms with van der Waals surface area (Å²) >= 11 is 0. The topological polar surface area (TPSA) is 86.7 Å². The van der Waals surface area contributed by atoms with Crippen LogP contribution in [0, 0.1) is 0 Å². The Morgan fingerprint density at radius 3 is 1.07 bits per heavy atom. The second-order valence-corrected chi connectivity index (χ2v) is 3.05. The summed E-state index contributed by atoms with van der Waals surface area (Å²) in [5.74, 6) is -1.57. The smallest absolute Gasteiger partial charge is 0.314 e. The molecule has 2 aliphatic rings. The molecule has 2 saturated heterocycles. The molecule has 0 spiro atoms. The Hall–Kier alpha value is -1.72. The zero-order chi connectivity index (χ0) is 11.3. The van der Waals surface area contributed by atoms with Gasteiger partial charge in [-0.3, -0.25) is 19.2 Å². The number of ether oxygens (including phenoxy) is 2. The van der Waals surface area contributed by atoms with Gasteiger partial charge in [-0.15, -0.1) is 0 Å². The molecule has 2 fully saturated rings. The molecular weight excluding hydrogens is 204 g/mol. The van der Waals surface area contributed by atoms with Gasteiger partial charge in [-0.05, 0) is 6.42 Å². The number of rotatable bonds is 0. The average molecular weight is 214 g/mol. The Kier molecular flexibility index (Phi) is 3.96. The van der Waals surface area contributed by atoms with E-state index in [2.05, 4.69) is 9.47 Å². The molecule has 0 saturated carbocycles. The zero-order valence-electron chi connectivity index (χ0n) is 7.99. The highest BCUT2D eigenvalue weighted by molar-refractivity contribution is 5.92. The van der Waals surface area contributed by atoms with Crippen molar-refractivity contribution in [1.29, 1.82) is 0 Å². The van der Waals surface area contributed by atoms with E-state index in [1.165, 1.54) is 0 Å². The molecule has 0 N–H and O–H groups in total. The quantitative estimate of drug-likeness (QED) is 0.419. The van der Waals surface area contributed by atoms with Crippen molar-refractivity contribution in [3.05, 3.63) is 0 Å². The van der Waals surface area contributed by atoms with E-state index in [0.717, 1.165) is 0 Å². The molecule has 2 aliphatic heterocycles. The number of carbonyl (C=O) groups excluding carboxylic acids is 4. The van der Waals surface area contributed by atoms with Gasteiger partial charge in [0, 0.05) is 12.8 Å². The van der Waals surface area contributed by atoms with Crippen LogP contribution in [0.25, 0.3) is 0 Å². The molecular formula is C9H10O6. The predicted molar refractivity (Wildman–Crippen MR) is 45.3 cm³/mol. The van der Waals surface area contributed by atoms with Gasteiger partial charge >= 0.3 is 23.9 Å². The number of carbonyl (C=O) groups is 4. The van der Waals surface area contributed by atoms with Gasteiger partial charge in [-0.25, -0.2) is 0 Å². The molecule has 2 heterocycles. The third kappa shape index (κ3) is 4.35. The molecule has 6 nitrogen and oxygen atoms in total. The molecule has 0 amide bonds. The summed E-state index contributed by atoms with van der Waals surface area (Å²) < 4.78 is 8.29. The molecule has 0 aromatic heterocycles. The molecule has 15 heavy (non-hydrogen) atoms. The van der Waals surface area contributed by atoms with Gasteiger partial charge in [-0.1, -0.05) is 0 Å². The van der Waals surface area contributed by atoms with Crippen molar-refractivity contribution in [3.63, 3.8) is 0 Å². The van der Waals surface area contributed by atoms with Crippen LogP contribution in [0.3, 0.4) is 0 Å². The molecule has 6 heteroatoms. The third-order valence-electron chi connectivity index (χ3n) is 1.75. The lowest BCUT2D eigenvalue weighted by molar-refractivity contribution is -0.163. The van der Waals surface area contributed by atoms with E-state index < -0.39 is 11.9 Å². The molecule has 2 rings (SSSR count). The van der Waals surface area contributed by atoms with Crippen molar-refractivity contribution in [2.75, 3.05) is 0 Å². The maximum absolute atomic E-state index is 10.2. The van der Waals surface area contributed by atoms with Crippen molar-refractivity contribution in [3.8, 4) is 0 Å². The summed E-state index contributed by atoms with van der Waals surface area (Å²) in [4.78, 5) is 40.5. The largest absolute Gasteiger partial charge is 0.393 e. The SMILES string of the molecule is O=C1CCC(=O)O1.O=C1CCCC(=O)O1. The molecule has 0 aromatic rings. The van der Waals surface area contributed by atoms with Crippen molar-refractivity contribution < 1.29 is 28.7 Å². The van der Waals surface area contributed by atoms with Crippen molar-refractivity contribution in [2.24, 2.45) is 0 Å². The number of hydrogen-bond donors (Lipinski definition) is 0. The van der Waals surface area contributed by atoms with E-state index >= 15 is 0 Å². The van der Waals surface area contributed by atoms with E-state index in [4.69, 9.17) is 0 Å². The highest BCUT2D eigenvalue weighted by atomic mass is 16.6. The summed E-state index contributed by atoms with van der Waals surface area (Å²) in [6.45, 7) is 0. The van der Waals surface area contributed by atoms with E-state index in [1.807, 2.05) is 0 Å². The van der Waals surface area contributed by atoms with Crippen molar-refractivity contribution in [1.82, 2.24) is 0 Å². The third-order valence-corrected chi connectivity index (χ3v) is 1.75. The first-order chi connectivity index (χ1) is 7.08. The van der Waals surface area contributed by atoms with E-state index in [9.17, 15) is 19.2 Å². The van der Waals surface area contributed by atoms with E-state index in [-0.39, 0.29) is 24.8 Å². The molecule has 0 unspecified atom stereocenters. The second-order valence-electron chi connectivity index (χ2n) is 3.05. The highest BCUT2D eigenvalue weighted by Gasteiger charge is 2.19. The fraction of sp³-hybridized carbons (Fsp3) is 0.556. The highest BCUT2D eigenvalue weighted by Crippen LogP contribution is 2.06. The lowest BCUT2D eigenvalue weighted by Crippen LogP contribution is -2.17. The molecule has 0 aliphatic carbocycles. The molecule has 82 valence electrons. The molecule has 0 radical (unpaired) electrons. The molecule has 0 aromatic carbocycles. The van der Waals surface area contributed by atoms with Gasteiger partial charge in [0.1, 0.15) is 0 Å². The van der Waals surface area contributed by atoms with Crippen LogP contribution in [0.15, 0.2) is 0 Å². The average Bonchev–Trinajstić information content (AvgIpc) is 2.50. The van der Waals surface area contributed by atoms with Crippen molar-refractivity contribution >= 4 is 23.9 Å². The normalized spacial score (nSPS) is 20.3. The minimum Gasteiger partial charge on any atom is -0.393 e. The van der Waals surface area contributed by atoms with E-state index in [0.29, 0.717) is 19.3 Å². The number of esters is 4. The summed E-state index contributed by atoms with van der Waals surface area (Å²) in [6.07, 6.45) is 1.97. The van der Waals surface area contributed by atoms with Crippen LogP contribution in [0.4, 0.5) is 0 Å². The minimum atomic E-state index is -0.398.